The predicted molar refractivity (Wildman–Crippen MR) is 124 cm³/mol. The number of aliphatic hydroxyl groups is 1. The predicted octanol–water partition coefficient (Wildman–Crippen LogP) is 5.98. The van der Waals surface area contributed by atoms with Crippen molar-refractivity contribution in [3.8, 4) is 17.0 Å². The van der Waals surface area contributed by atoms with Crippen molar-refractivity contribution in [1.29, 1.82) is 5.41 Å². The van der Waals surface area contributed by atoms with Gasteiger partial charge < -0.3 is 14.7 Å². The highest BCUT2D eigenvalue weighted by Gasteiger charge is 2.31. The lowest BCUT2D eigenvalue weighted by Crippen LogP contribution is -2.25. The molecule has 0 spiro atoms. The molecule has 30 heavy (non-hydrogen) atoms. The van der Waals surface area contributed by atoms with Gasteiger partial charge in [0.2, 0.25) is 0 Å². The molecule has 5 nitrogen and oxygen atoms in total. The summed E-state index contributed by atoms with van der Waals surface area (Å²) < 4.78 is 5.64. The minimum Gasteiger partial charge on any atom is -0.510 e. The third-order valence-electron chi connectivity index (χ3n) is 5.06. The van der Waals surface area contributed by atoms with Gasteiger partial charge in [-0.1, -0.05) is 36.8 Å². The quantitative estimate of drug-likeness (QED) is 0.515. The average molecular weight is 420 g/mol. The first-order chi connectivity index (χ1) is 14.5. The minimum atomic E-state index is 0.176. The Bertz CT molecular complexity index is 1100. The van der Waals surface area contributed by atoms with Crippen LogP contribution in [-0.4, -0.2) is 29.1 Å². The number of hydrogen-bond donors (Lipinski definition) is 2. The number of anilines is 1. The van der Waals surface area contributed by atoms with Crippen molar-refractivity contribution in [3.05, 3.63) is 69.7 Å². The van der Waals surface area contributed by atoms with Crippen LogP contribution in [0.25, 0.3) is 16.8 Å². The number of aromatic nitrogens is 1. The number of benzene rings is 2. The Labute approximate surface area is 180 Å². The van der Waals surface area contributed by atoms with E-state index in [0.29, 0.717) is 17.2 Å². The van der Waals surface area contributed by atoms with Crippen LogP contribution in [0.3, 0.4) is 0 Å². The maximum absolute atomic E-state index is 10.7. The van der Waals surface area contributed by atoms with Crippen molar-refractivity contribution in [1.82, 2.24) is 4.98 Å². The fraction of sp³-hybridized carbons (Fsp3) is 0.250. The SMILES string of the molecule is CCCOc1ccc(N2CC(O)=C(c3nc(-c4ccc(C)cc4)c(C)s3)C2=N)cc1. The molecule has 2 aromatic carbocycles. The number of ether oxygens (including phenoxy) is 1. The molecule has 1 aliphatic rings. The van der Waals surface area contributed by atoms with Crippen molar-refractivity contribution in [2.45, 2.75) is 27.2 Å². The standard InChI is InChI=1S/C24H25N3O2S/c1-4-13-29-19-11-9-18(10-12-19)27-14-20(28)21(23(27)25)24-26-22(16(3)30-24)17-7-5-15(2)6-8-17/h5-12,25,28H,4,13-14H2,1-3H3. The highest BCUT2D eigenvalue weighted by Crippen LogP contribution is 2.37. The highest BCUT2D eigenvalue weighted by molar-refractivity contribution is 7.13. The largest absolute Gasteiger partial charge is 0.510 e. The number of hydrogen-bond acceptors (Lipinski definition) is 5. The van der Waals surface area contributed by atoms with Crippen LogP contribution in [0, 0.1) is 19.3 Å². The molecule has 154 valence electrons. The smallest absolute Gasteiger partial charge is 0.139 e. The molecule has 4 rings (SSSR count). The summed E-state index contributed by atoms with van der Waals surface area (Å²) in [6.45, 7) is 7.10. The Morgan fingerprint density at radius 3 is 2.47 bits per heavy atom. The van der Waals surface area contributed by atoms with E-state index in [1.807, 2.05) is 31.2 Å². The van der Waals surface area contributed by atoms with E-state index in [1.54, 1.807) is 4.90 Å². The Balaban J connectivity index is 1.58. The number of amidine groups is 1. The Morgan fingerprint density at radius 2 is 1.80 bits per heavy atom. The summed E-state index contributed by atoms with van der Waals surface area (Å²) in [7, 11) is 0. The van der Waals surface area contributed by atoms with E-state index in [4.69, 9.17) is 15.1 Å². The monoisotopic (exact) mass is 419 g/mol. The third-order valence-corrected chi connectivity index (χ3v) is 6.05. The van der Waals surface area contributed by atoms with Crippen molar-refractivity contribution in [2.24, 2.45) is 0 Å². The lowest BCUT2D eigenvalue weighted by Gasteiger charge is -2.19. The zero-order valence-corrected chi connectivity index (χ0v) is 18.2. The fourth-order valence-electron chi connectivity index (χ4n) is 3.45. The summed E-state index contributed by atoms with van der Waals surface area (Å²) in [5, 5.41) is 20.0. The van der Waals surface area contributed by atoms with E-state index in [2.05, 4.69) is 38.1 Å². The topological polar surface area (TPSA) is 69.4 Å². The van der Waals surface area contributed by atoms with Crippen molar-refractivity contribution >= 4 is 28.4 Å². The second-order valence-electron chi connectivity index (χ2n) is 7.39. The summed E-state index contributed by atoms with van der Waals surface area (Å²) in [6, 6.07) is 15.9. The van der Waals surface area contributed by atoms with Crippen LogP contribution >= 0.6 is 11.3 Å². The van der Waals surface area contributed by atoms with Crippen molar-refractivity contribution in [2.75, 3.05) is 18.1 Å². The first kappa shape index (κ1) is 20.2. The van der Waals surface area contributed by atoms with Gasteiger partial charge in [-0.25, -0.2) is 4.98 Å². The van der Waals surface area contributed by atoms with E-state index in [-0.39, 0.29) is 18.1 Å². The second-order valence-corrected chi connectivity index (χ2v) is 8.59. The maximum atomic E-state index is 10.7. The highest BCUT2D eigenvalue weighted by atomic mass is 32.1. The Hall–Kier alpha value is -3.12. The normalized spacial score (nSPS) is 14.0. The van der Waals surface area contributed by atoms with E-state index in [9.17, 15) is 5.11 Å². The molecule has 0 fully saturated rings. The van der Waals surface area contributed by atoms with Crippen LogP contribution in [0.15, 0.2) is 54.3 Å². The van der Waals surface area contributed by atoms with Gasteiger partial charge in [0.25, 0.3) is 0 Å². The molecule has 2 N–H and O–H groups in total. The molecule has 0 atom stereocenters. The summed E-state index contributed by atoms with van der Waals surface area (Å²) in [6.07, 6.45) is 0.956. The van der Waals surface area contributed by atoms with E-state index in [1.165, 1.54) is 16.9 Å². The molecule has 0 saturated carbocycles. The molecule has 0 aliphatic carbocycles. The number of aryl methyl sites for hydroxylation is 2. The first-order valence-electron chi connectivity index (χ1n) is 10.0. The molecule has 3 aromatic rings. The Kier molecular flexibility index (Phi) is 5.59. The minimum absolute atomic E-state index is 0.176. The van der Waals surface area contributed by atoms with Crippen LogP contribution in [0.4, 0.5) is 5.69 Å². The van der Waals surface area contributed by atoms with E-state index < -0.39 is 0 Å². The van der Waals surface area contributed by atoms with Gasteiger partial charge in [-0.05, 0) is 44.5 Å². The van der Waals surface area contributed by atoms with Crippen molar-refractivity contribution < 1.29 is 9.84 Å². The van der Waals surface area contributed by atoms with Crippen LogP contribution in [0.2, 0.25) is 0 Å². The van der Waals surface area contributed by atoms with Crippen molar-refractivity contribution in [3.63, 3.8) is 0 Å². The van der Waals surface area contributed by atoms with Crippen LogP contribution in [0.5, 0.6) is 5.75 Å². The number of nitrogens with one attached hydrogen (secondary N) is 1. The molecule has 6 heteroatoms. The van der Waals surface area contributed by atoms with Gasteiger partial charge in [-0.15, -0.1) is 11.3 Å². The molecule has 1 aromatic heterocycles. The summed E-state index contributed by atoms with van der Waals surface area (Å²) in [4.78, 5) is 7.64. The van der Waals surface area contributed by atoms with Crippen LogP contribution in [-0.2, 0) is 0 Å². The fourth-order valence-corrected chi connectivity index (χ4v) is 4.45. The molecular weight excluding hydrogens is 394 g/mol. The van der Waals surface area contributed by atoms with Gasteiger partial charge in [0.1, 0.15) is 22.4 Å². The molecular formula is C24H25N3O2S. The molecule has 2 heterocycles. The first-order valence-corrected chi connectivity index (χ1v) is 10.9. The van der Waals surface area contributed by atoms with Gasteiger partial charge in [-0.3, -0.25) is 5.41 Å². The molecule has 0 amide bonds. The van der Waals surface area contributed by atoms with E-state index >= 15 is 0 Å². The van der Waals surface area contributed by atoms with Gasteiger partial charge in [-0.2, -0.15) is 0 Å². The molecule has 0 unspecified atom stereocenters. The van der Waals surface area contributed by atoms with Gasteiger partial charge in [0.15, 0.2) is 0 Å². The van der Waals surface area contributed by atoms with Gasteiger partial charge in [0, 0.05) is 16.1 Å². The lowest BCUT2D eigenvalue weighted by molar-refractivity contribution is 0.317. The molecule has 0 bridgehead atoms. The zero-order chi connectivity index (χ0) is 21.3. The number of nitrogens with zero attached hydrogens (tertiary/aromatic N) is 2. The lowest BCUT2D eigenvalue weighted by atomic mass is 10.1. The number of aliphatic hydroxyl groups excluding tert-OH is 1. The summed E-state index contributed by atoms with van der Waals surface area (Å²) >= 11 is 1.51. The van der Waals surface area contributed by atoms with Gasteiger partial charge in [0.05, 0.1) is 24.4 Å². The van der Waals surface area contributed by atoms with Crippen LogP contribution < -0.4 is 9.64 Å². The summed E-state index contributed by atoms with van der Waals surface area (Å²) in [5.41, 5.74) is 4.50. The Morgan fingerprint density at radius 1 is 1.10 bits per heavy atom. The molecule has 1 aliphatic heterocycles. The van der Waals surface area contributed by atoms with Gasteiger partial charge >= 0.3 is 0 Å². The second kappa shape index (κ2) is 8.32. The average Bonchev–Trinajstić information content (AvgIpc) is 3.26. The zero-order valence-electron chi connectivity index (χ0n) is 17.4. The maximum Gasteiger partial charge on any atom is 0.139 e. The molecule has 0 saturated heterocycles. The van der Waals surface area contributed by atoms with E-state index in [0.717, 1.165) is 34.0 Å². The third kappa shape index (κ3) is 3.83. The summed E-state index contributed by atoms with van der Waals surface area (Å²) in [5.74, 6) is 1.25. The van der Waals surface area contributed by atoms with Crippen LogP contribution in [0.1, 0.15) is 28.8 Å². The number of thiazole rings is 1. The molecule has 0 radical (unpaired) electrons. The number of rotatable bonds is 6.